The maximum atomic E-state index is 12.2. The highest BCUT2D eigenvalue weighted by molar-refractivity contribution is 9.10. The second-order valence-electron chi connectivity index (χ2n) is 7.91. The molecule has 1 heterocycles. The maximum absolute atomic E-state index is 12.2. The molecule has 0 atom stereocenters. The zero-order chi connectivity index (χ0) is 24.0. The average molecular weight is 524 g/mol. The predicted molar refractivity (Wildman–Crippen MR) is 143 cm³/mol. The van der Waals surface area contributed by atoms with Crippen molar-refractivity contribution in [2.24, 2.45) is 0 Å². The lowest BCUT2D eigenvalue weighted by Gasteiger charge is -2.08. The molecule has 5 rings (SSSR count). The molecule has 0 unspecified atom stereocenters. The van der Waals surface area contributed by atoms with Crippen LogP contribution in [0.1, 0.15) is 0 Å². The van der Waals surface area contributed by atoms with Crippen LogP contribution < -0.4 is 10.1 Å². The number of imidazole rings is 1. The van der Waals surface area contributed by atoms with Crippen LogP contribution in [0.15, 0.2) is 114 Å². The van der Waals surface area contributed by atoms with Crippen molar-refractivity contribution in [3.8, 4) is 39.7 Å². The number of hydrogen-bond acceptors (Lipinski definition) is 3. The van der Waals surface area contributed by atoms with Gasteiger partial charge in [-0.25, -0.2) is 4.98 Å². The number of H-pyrrole nitrogens is 1. The molecule has 5 nitrogen and oxygen atoms in total. The monoisotopic (exact) mass is 523 g/mol. The van der Waals surface area contributed by atoms with Crippen molar-refractivity contribution >= 4 is 27.5 Å². The second kappa shape index (κ2) is 10.4. The van der Waals surface area contributed by atoms with Crippen molar-refractivity contribution in [2.45, 2.75) is 0 Å². The highest BCUT2D eigenvalue weighted by Gasteiger charge is 2.15. The molecule has 0 aliphatic carbocycles. The van der Waals surface area contributed by atoms with Gasteiger partial charge in [0.2, 0.25) is 0 Å². The lowest BCUT2D eigenvalue weighted by atomic mass is 10.1. The summed E-state index contributed by atoms with van der Waals surface area (Å²) in [6, 6.07) is 35.3. The van der Waals surface area contributed by atoms with Gasteiger partial charge in [0.25, 0.3) is 5.91 Å². The van der Waals surface area contributed by atoms with Crippen LogP contribution in [0.5, 0.6) is 5.75 Å². The fraction of sp³-hybridized carbons (Fsp3) is 0.0345. The van der Waals surface area contributed by atoms with E-state index in [-0.39, 0.29) is 12.5 Å². The Morgan fingerprint density at radius 2 is 1.49 bits per heavy atom. The number of anilines is 1. The highest BCUT2D eigenvalue weighted by Crippen LogP contribution is 2.33. The number of nitrogens with one attached hydrogen (secondary N) is 2. The molecule has 0 radical (unpaired) electrons. The Labute approximate surface area is 212 Å². The van der Waals surface area contributed by atoms with Gasteiger partial charge in [0.05, 0.1) is 11.4 Å². The number of benzene rings is 4. The fourth-order valence-corrected chi connectivity index (χ4v) is 4.15. The second-order valence-corrected chi connectivity index (χ2v) is 8.83. The van der Waals surface area contributed by atoms with Crippen molar-refractivity contribution in [3.63, 3.8) is 0 Å². The number of aromatic amines is 1. The quantitative estimate of drug-likeness (QED) is 0.237. The van der Waals surface area contributed by atoms with Crippen LogP contribution in [-0.2, 0) is 4.79 Å². The van der Waals surface area contributed by atoms with Crippen LogP contribution in [0.2, 0.25) is 0 Å². The Balaban J connectivity index is 1.32. The number of amides is 1. The first kappa shape index (κ1) is 22.6. The summed E-state index contributed by atoms with van der Waals surface area (Å²) in [5.74, 6) is 1.15. The minimum atomic E-state index is -0.224. The third-order valence-corrected chi connectivity index (χ3v) is 5.91. The Kier molecular flexibility index (Phi) is 6.73. The Morgan fingerprint density at radius 1 is 0.800 bits per heavy atom. The van der Waals surface area contributed by atoms with Gasteiger partial charge in [0.1, 0.15) is 11.6 Å². The number of carbonyl (C=O) groups is 1. The van der Waals surface area contributed by atoms with Crippen LogP contribution in [0.25, 0.3) is 33.9 Å². The Morgan fingerprint density at radius 3 is 2.17 bits per heavy atom. The standard InChI is InChI=1S/C29H22BrN3O2/c30-23-12-7-13-24(18-23)31-26(34)19-35-25-16-14-22(15-17-25)29-32-27(20-8-3-1-4-9-20)28(33-29)21-10-5-2-6-11-21/h1-18H,19H2,(H,31,34)(H,32,33). The van der Waals surface area contributed by atoms with E-state index in [1.807, 2.05) is 84.9 Å². The maximum Gasteiger partial charge on any atom is 0.262 e. The van der Waals surface area contributed by atoms with Crippen LogP contribution in [0.4, 0.5) is 5.69 Å². The molecule has 1 aromatic heterocycles. The molecular weight excluding hydrogens is 502 g/mol. The van der Waals surface area contributed by atoms with E-state index in [0.29, 0.717) is 11.4 Å². The molecule has 0 spiro atoms. The summed E-state index contributed by atoms with van der Waals surface area (Å²) >= 11 is 3.40. The van der Waals surface area contributed by atoms with E-state index < -0.39 is 0 Å². The summed E-state index contributed by atoms with van der Waals surface area (Å²) < 4.78 is 6.57. The van der Waals surface area contributed by atoms with Gasteiger partial charge in [-0.2, -0.15) is 0 Å². The summed E-state index contributed by atoms with van der Waals surface area (Å²) in [5, 5.41) is 2.82. The molecule has 35 heavy (non-hydrogen) atoms. The van der Waals surface area contributed by atoms with E-state index in [2.05, 4.69) is 50.5 Å². The molecule has 0 fully saturated rings. The van der Waals surface area contributed by atoms with Gasteiger partial charge < -0.3 is 15.0 Å². The van der Waals surface area contributed by atoms with E-state index >= 15 is 0 Å². The van der Waals surface area contributed by atoms with Gasteiger partial charge in [0.15, 0.2) is 6.61 Å². The summed E-state index contributed by atoms with van der Waals surface area (Å²) in [6.45, 7) is -0.0804. The van der Waals surface area contributed by atoms with Gasteiger partial charge in [0, 0.05) is 26.9 Å². The number of rotatable bonds is 7. The van der Waals surface area contributed by atoms with Crippen molar-refractivity contribution in [3.05, 3.63) is 114 Å². The van der Waals surface area contributed by atoms with E-state index in [1.54, 1.807) is 0 Å². The fourth-order valence-electron chi connectivity index (χ4n) is 3.75. The van der Waals surface area contributed by atoms with Crippen molar-refractivity contribution < 1.29 is 9.53 Å². The molecular formula is C29H22BrN3O2. The smallest absolute Gasteiger partial charge is 0.262 e. The van der Waals surface area contributed by atoms with Gasteiger partial charge in [-0.1, -0.05) is 82.7 Å². The topological polar surface area (TPSA) is 67.0 Å². The lowest BCUT2D eigenvalue weighted by Crippen LogP contribution is -2.20. The molecule has 0 aliphatic heterocycles. The van der Waals surface area contributed by atoms with Crippen LogP contribution in [-0.4, -0.2) is 22.5 Å². The van der Waals surface area contributed by atoms with E-state index in [1.165, 1.54) is 0 Å². The summed E-state index contributed by atoms with van der Waals surface area (Å²) in [4.78, 5) is 20.6. The van der Waals surface area contributed by atoms with E-state index in [9.17, 15) is 4.79 Å². The largest absolute Gasteiger partial charge is 0.484 e. The Hall–Kier alpha value is -4.16. The number of halogens is 1. The molecule has 0 bridgehead atoms. The molecule has 172 valence electrons. The number of carbonyl (C=O) groups excluding carboxylic acids is 1. The van der Waals surface area contributed by atoms with Crippen molar-refractivity contribution in [1.29, 1.82) is 0 Å². The van der Waals surface area contributed by atoms with Crippen LogP contribution in [0, 0.1) is 0 Å². The molecule has 0 aliphatic rings. The molecule has 1 amide bonds. The summed E-state index contributed by atoms with van der Waals surface area (Å²) in [7, 11) is 0. The first-order valence-electron chi connectivity index (χ1n) is 11.2. The Bertz CT molecular complexity index is 1380. The number of nitrogens with zero attached hydrogens (tertiary/aromatic N) is 1. The third-order valence-electron chi connectivity index (χ3n) is 5.42. The normalized spacial score (nSPS) is 10.7. The molecule has 5 aromatic rings. The molecule has 6 heteroatoms. The summed E-state index contributed by atoms with van der Waals surface area (Å²) in [5.41, 5.74) is 5.62. The van der Waals surface area contributed by atoms with Crippen molar-refractivity contribution in [2.75, 3.05) is 11.9 Å². The number of hydrogen-bond donors (Lipinski definition) is 2. The number of aromatic nitrogens is 2. The van der Waals surface area contributed by atoms with E-state index in [0.717, 1.165) is 38.4 Å². The zero-order valence-electron chi connectivity index (χ0n) is 18.7. The molecule has 4 aromatic carbocycles. The van der Waals surface area contributed by atoms with Crippen LogP contribution in [0.3, 0.4) is 0 Å². The molecule has 0 saturated heterocycles. The average Bonchev–Trinajstić information content (AvgIpc) is 3.34. The molecule has 0 saturated carbocycles. The highest BCUT2D eigenvalue weighted by atomic mass is 79.9. The SMILES string of the molecule is O=C(COc1ccc(-c2nc(-c3ccccc3)c(-c3ccccc3)[nH]2)cc1)Nc1cccc(Br)c1. The van der Waals surface area contributed by atoms with Gasteiger partial charge in [-0.3, -0.25) is 4.79 Å². The van der Waals surface area contributed by atoms with Crippen LogP contribution >= 0.6 is 15.9 Å². The van der Waals surface area contributed by atoms with E-state index in [4.69, 9.17) is 9.72 Å². The number of ether oxygens (including phenoxy) is 1. The predicted octanol–water partition coefficient (Wildman–Crippen LogP) is 7.19. The van der Waals surface area contributed by atoms with Crippen molar-refractivity contribution in [1.82, 2.24) is 9.97 Å². The first-order valence-corrected chi connectivity index (χ1v) is 11.9. The summed E-state index contributed by atoms with van der Waals surface area (Å²) in [6.07, 6.45) is 0. The molecule has 2 N–H and O–H groups in total. The minimum Gasteiger partial charge on any atom is -0.484 e. The van der Waals surface area contributed by atoms with Gasteiger partial charge in [-0.05, 0) is 42.5 Å². The van der Waals surface area contributed by atoms with Gasteiger partial charge >= 0.3 is 0 Å². The first-order chi connectivity index (χ1) is 17.2. The lowest BCUT2D eigenvalue weighted by molar-refractivity contribution is -0.118. The zero-order valence-corrected chi connectivity index (χ0v) is 20.3. The third kappa shape index (κ3) is 5.50. The minimum absolute atomic E-state index is 0.0804. The van der Waals surface area contributed by atoms with Gasteiger partial charge in [-0.15, -0.1) is 0 Å².